The van der Waals surface area contributed by atoms with Crippen LogP contribution in [0.2, 0.25) is 0 Å². The zero-order chi connectivity index (χ0) is 20.1. The maximum absolute atomic E-state index is 12.3. The molecule has 0 saturated carbocycles. The fourth-order valence-electron chi connectivity index (χ4n) is 2.75. The molecule has 0 unspecified atom stereocenters. The van der Waals surface area contributed by atoms with Gasteiger partial charge in [0.25, 0.3) is 0 Å². The van der Waals surface area contributed by atoms with Gasteiger partial charge in [0.05, 0.1) is 18.7 Å². The van der Waals surface area contributed by atoms with E-state index in [1.807, 2.05) is 45.9 Å². The van der Waals surface area contributed by atoms with Gasteiger partial charge in [-0.05, 0) is 51.4 Å². The molecule has 1 heterocycles. The third-order valence-corrected chi connectivity index (χ3v) is 5.45. The van der Waals surface area contributed by atoms with Gasteiger partial charge in [-0.1, -0.05) is 18.2 Å². The van der Waals surface area contributed by atoms with Crippen molar-refractivity contribution in [2.75, 3.05) is 30.8 Å². The normalized spacial score (nSPS) is 10.6. The summed E-state index contributed by atoms with van der Waals surface area (Å²) in [5.41, 5.74) is 4.19. The predicted octanol–water partition coefficient (Wildman–Crippen LogP) is 3.36. The van der Waals surface area contributed by atoms with E-state index in [1.165, 1.54) is 11.3 Å². The van der Waals surface area contributed by atoms with Crippen molar-refractivity contribution in [3.05, 3.63) is 45.3 Å². The molecule has 2 amide bonds. The molecule has 6 nitrogen and oxygen atoms in total. The van der Waals surface area contributed by atoms with Crippen LogP contribution < -0.4 is 10.6 Å². The van der Waals surface area contributed by atoms with Crippen LogP contribution in [0.25, 0.3) is 0 Å². The summed E-state index contributed by atoms with van der Waals surface area (Å²) >= 11 is 1.39. The van der Waals surface area contributed by atoms with Crippen molar-refractivity contribution in [1.29, 1.82) is 5.26 Å². The Bertz CT molecular complexity index is 891. The quantitative estimate of drug-likeness (QED) is 0.800. The highest BCUT2D eigenvalue weighted by atomic mass is 32.1. The monoisotopic (exact) mass is 384 g/mol. The van der Waals surface area contributed by atoms with Crippen molar-refractivity contribution in [3.8, 4) is 6.07 Å². The number of aryl methyl sites for hydroxylation is 3. The second kappa shape index (κ2) is 8.80. The number of nitrogens with zero attached hydrogens (tertiary/aromatic N) is 2. The lowest BCUT2D eigenvalue weighted by Crippen LogP contribution is -2.36. The average Bonchev–Trinajstić information content (AvgIpc) is 2.84. The smallest absolute Gasteiger partial charge is 0.239 e. The number of carbonyl (C=O) groups is 2. The Balaban J connectivity index is 1.92. The number of hydrogen-bond acceptors (Lipinski definition) is 5. The molecule has 27 heavy (non-hydrogen) atoms. The lowest BCUT2D eigenvalue weighted by Gasteiger charge is -2.17. The summed E-state index contributed by atoms with van der Waals surface area (Å²) in [6.07, 6.45) is 0. The Morgan fingerprint density at radius 3 is 2.19 bits per heavy atom. The summed E-state index contributed by atoms with van der Waals surface area (Å²) in [6, 6.07) is 7.96. The molecule has 0 bridgehead atoms. The lowest BCUT2D eigenvalue weighted by molar-refractivity contribution is -0.119. The van der Waals surface area contributed by atoms with Crippen LogP contribution in [0.4, 0.5) is 10.7 Å². The lowest BCUT2D eigenvalue weighted by atomic mass is 10.1. The molecule has 0 fully saturated rings. The molecule has 0 atom stereocenters. The van der Waals surface area contributed by atoms with E-state index in [2.05, 4.69) is 16.7 Å². The zero-order valence-electron chi connectivity index (χ0n) is 16.3. The van der Waals surface area contributed by atoms with Gasteiger partial charge in [-0.25, -0.2) is 0 Å². The van der Waals surface area contributed by atoms with Gasteiger partial charge in [0, 0.05) is 10.6 Å². The van der Waals surface area contributed by atoms with E-state index in [4.69, 9.17) is 0 Å². The van der Waals surface area contributed by atoms with E-state index in [0.29, 0.717) is 10.6 Å². The summed E-state index contributed by atoms with van der Waals surface area (Å²) in [4.78, 5) is 27.2. The molecule has 1 aromatic carbocycles. The number of benzene rings is 1. The number of thiophene rings is 1. The van der Waals surface area contributed by atoms with Gasteiger partial charge in [-0.3, -0.25) is 14.5 Å². The molecule has 0 saturated heterocycles. The Morgan fingerprint density at radius 2 is 1.63 bits per heavy atom. The third kappa shape index (κ3) is 5.16. The number of hydrogen-bond donors (Lipinski definition) is 2. The van der Waals surface area contributed by atoms with E-state index >= 15 is 0 Å². The minimum Gasteiger partial charge on any atom is -0.324 e. The minimum absolute atomic E-state index is 0.0566. The first-order valence-corrected chi connectivity index (χ1v) is 9.39. The van der Waals surface area contributed by atoms with Crippen molar-refractivity contribution < 1.29 is 9.59 Å². The summed E-state index contributed by atoms with van der Waals surface area (Å²) in [5, 5.41) is 15.5. The maximum Gasteiger partial charge on any atom is 0.239 e. The van der Waals surface area contributed by atoms with Gasteiger partial charge in [-0.2, -0.15) is 5.26 Å². The Hall–Kier alpha value is -2.69. The van der Waals surface area contributed by atoms with Crippen LogP contribution in [0.15, 0.2) is 18.2 Å². The standard InChI is InChI=1S/C20H24N4O2S/c1-12-7-6-8-13(2)19(12)22-17(25)10-24(5)11-18(26)23-20-16(9-21)14(3)15(4)27-20/h6-8H,10-11H2,1-5H3,(H,22,25)(H,23,26). The van der Waals surface area contributed by atoms with Crippen LogP contribution >= 0.6 is 11.3 Å². The summed E-state index contributed by atoms with van der Waals surface area (Å²) in [5.74, 6) is -0.432. The zero-order valence-corrected chi connectivity index (χ0v) is 17.1. The van der Waals surface area contributed by atoms with E-state index in [-0.39, 0.29) is 24.9 Å². The second-order valence-corrected chi connectivity index (χ2v) is 7.86. The Labute approximate surface area is 163 Å². The number of para-hydroxylation sites is 1. The van der Waals surface area contributed by atoms with E-state index in [9.17, 15) is 14.9 Å². The number of carbonyl (C=O) groups excluding carboxylic acids is 2. The van der Waals surface area contributed by atoms with E-state index in [1.54, 1.807) is 11.9 Å². The fourth-order valence-corrected chi connectivity index (χ4v) is 3.78. The van der Waals surface area contributed by atoms with Crippen molar-refractivity contribution in [2.45, 2.75) is 27.7 Å². The largest absolute Gasteiger partial charge is 0.324 e. The maximum atomic E-state index is 12.3. The number of rotatable bonds is 6. The number of amides is 2. The number of likely N-dealkylation sites (N-methyl/N-ethyl adjacent to an activating group) is 1. The molecule has 2 rings (SSSR count). The number of nitrogens with one attached hydrogen (secondary N) is 2. The highest BCUT2D eigenvalue weighted by molar-refractivity contribution is 7.16. The van der Waals surface area contributed by atoms with Gasteiger partial charge in [0.15, 0.2) is 0 Å². The molecule has 0 radical (unpaired) electrons. The van der Waals surface area contributed by atoms with Crippen molar-refractivity contribution in [2.24, 2.45) is 0 Å². The fraction of sp³-hybridized carbons (Fsp3) is 0.350. The van der Waals surface area contributed by atoms with E-state index < -0.39 is 0 Å². The van der Waals surface area contributed by atoms with Crippen molar-refractivity contribution >= 4 is 33.8 Å². The molecular weight excluding hydrogens is 360 g/mol. The van der Waals surface area contributed by atoms with Crippen LogP contribution in [0.5, 0.6) is 0 Å². The average molecular weight is 385 g/mol. The van der Waals surface area contributed by atoms with Crippen LogP contribution in [0, 0.1) is 39.0 Å². The van der Waals surface area contributed by atoms with Crippen molar-refractivity contribution in [3.63, 3.8) is 0 Å². The SMILES string of the molecule is Cc1cccc(C)c1NC(=O)CN(C)CC(=O)Nc1sc(C)c(C)c1C#N. The Kier molecular flexibility index (Phi) is 6.72. The van der Waals surface area contributed by atoms with Gasteiger partial charge < -0.3 is 10.6 Å². The first-order valence-electron chi connectivity index (χ1n) is 8.57. The third-order valence-electron chi connectivity index (χ3n) is 4.32. The molecule has 0 aliphatic rings. The van der Waals surface area contributed by atoms with E-state index in [0.717, 1.165) is 27.3 Å². The molecule has 7 heteroatoms. The van der Waals surface area contributed by atoms with Crippen LogP contribution in [-0.4, -0.2) is 36.9 Å². The Morgan fingerprint density at radius 1 is 1.07 bits per heavy atom. The summed E-state index contributed by atoms with van der Waals surface area (Å²) < 4.78 is 0. The molecule has 2 aromatic rings. The molecule has 2 N–H and O–H groups in total. The van der Waals surface area contributed by atoms with Crippen LogP contribution in [-0.2, 0) is 9.59 Å². The van der Waals surface area contributed by atoms with Crippen LogP contribution in [0.3, 0.4) is 0 Å². The second-order valence-electron chi connectivity index (χ2n) is 6.63. The number of anilines is 2. The summed E-state index contributed by atoms with van der Waals surface area (Å²) in [7, 11) is 1.71. The predicted molar refractivity (Wildman–Crippen MR) is 109 cm³/mol. The minimum atomic E-state index is -0.255. The molecule has 0 aliphatic heterocycles. The molecule has 0 aliphatic carbocycles. The van der Waals surface area contributed by atoms with Gasteiger partial charge >= 0.3 is 0 Å². The van der Waals surface area contributed by atoms with Gasteiger partial charge in [0.2, 0.25) is 11.8 Å². The molecule has 1 aromatic heterocycles. The first kappa shape index (κ1) is 20.6. The molecule has 142 valence electrons. The summed E-state index contributed by atoms with van der Waals surface area (Å²) in [6.45, 7) is 7.82. The van der Waals surface area contributed by atoms with Gasteiger partial charge in [0.1, 0.15) is 11.1 Å². The highest BCUT2D eigenvalue weighted by Gasteiger charge is 2.17. The molecular formula is C20H24N4O2S. The first-order chi connectivity index (χ1) is 12.7. The molecule has 0 spiro atoms. The van der Waals surface area contributed by atoms with Crippen LogP contribution in [0.1, 0.15) is 27.1 Å². The topological polar surface area (TPSA) is 85.2 Å². The number of nitriles is 1. The van der Waals surface area contributed by atoms with Gasteiger partial charge in [-0.15, -0.1) is 11.3 Å². The van der Waals surface area contributed by atoms with Crippen molar-refractivity contribution in [1.82, 2.24) is 4.90 Å². The highest BCUT2D eigenvalue weighted by Crippen LogP contribution is 2.31.